The van der Waals surface area contributed by atoms with E-state index in [2.05, 4.69) is 6.92 Å². The molecule has 0 aromatic heterocycles. The van der Waals surface area contributed by atoms with E-state index in [4.69, 9.17) is 9.84 Å². The van der Waals surface area contributed by atoms with Crippen molar-refractivity contribution < 1.29 is 14.6 Å². The van der Waals surface area contributed by atoms with E-state index >= 15 is 0 Å². The van der Waals surface area contributed by atoms with Gasteiger partial charge in [0, 0.05) is 0 Å². The fourth-order valence-electron chi connectivity index (χ4n) is 2.10. The zero-order valence-corrected chi connectivity index (χ0v) is 11.9. The Kier molecular flexibility index (Phi) is 7.01. The molecule has 0 saturated heterocycles. The number of ether oxygens (including phenoxy) is 1. The Morgan fingerprint density at radius 3 is 2.53 bits per heavy atom. The molecule has 106 valence electrons. The Morgan fingerprint density at radius 1 is 1.16 bits per heavy atom. The summed E-state index contributed by atoms with van der Waals surface area (Å²) in [6.45, 7) is 4.59. The molecule has 1 aromatic rings. The van der Waals surface area contributed by atoms with Crippen molar-refractivity contribution in [2.75, 3.05) is 6.61 Å². The normalized spacial score (nSPS) is 10.4. The second kappa shape index (κ2) is 8.57. The van der Waals surface area contributed by atoms with Crippen LogP contribution in [0.1, 0.15) is 61.4 Å². The number of hydrogen-bond donors (Lipinski definition) is 1. The minimum atomic E-state index is -0.920. The lowest BCUT2D eigenvalue weighted by atomic mass is 10.1. The molecular formula is C16H24O3. The summed E-state index contributed by atoms with van der Waals surface area (Å²) in [5, 5.41) is 9.17. The fourth-order valence-corrected chi connectivity index (χ4v) is 2.10. The third-order valence-corrected chi connectivity index (χ3v) is 3.20. The smallest absolute Gasteiger partial charge is 0.339 e. The van der Waals surface area contributed by atoms with Crippen LogP contribution >= 0.6 is 0 Å². The maximum Gasteiger partial charge on any atom is 0.339 e. The Labute approximate surface area is 115 Å². The molecule has 0 aliphatic rings. The molecule has 0 heterocycles. The second-order valence-corrected chi connectivity index (χ2v) is 4.87. The summed E-state index contributed by atoms with van der Waals surface area (Å²) in [5.74, 6) is -0.433. The van der Waals surface area contributed by atoms with E-state index in [1.165, 1.54) is 25.7 Å². The van der Waals surface area contributed by atoms with E-state index < -0.39 is 5.97 Å². The van der Waals surface area contributed by atoms with E-state index in [-0.39, 0.29) is 5.56 Å². The first kappa shape index (κ1) is 15.5. The minimum Gasteiger partial charge on any atom is -0.493 e. The summed E-state index contributed by atoms with van der Waals surface area (Å²) in [6, 6.07) is 5.35. The third kappa shape index (κ3) is 5.33. The van der Waals surface area contributed by atoms with Gasteiger partial charge in [-0.05, 0) is 25.0 Å². The molecule has 0 aliphatic heterocycles. The standard InChI is InChI=1S/C16H24O3/c1-3-4-5-6-7-8-12-19-14-11-9-10-13(2)15(14)16(17)18/h9-11H,3-8,12H2,1-2H3,(H,17,18). The highest BCUT2D eigenvalue weighted by atomic mass is 16.5. The largest absolute Gasteiger partial charge is 0.493 e. The lowest BCUT2D eigenvalue weighted by molar-refractivity contribution is 0.0691. The van der Waals surface area contributed by atoms with E-state index in [0.29, 0.717) is 12.4 Å². The van der Waals surface area contributed by atoms with Crippen molar-refractivity contribution in [2.24, 2.45) is 0 Å². The lowest BCUT2D eigenvalue weighted by Gasteiger charge is -2.10. The zero-order chi connectivity index (χ0) is 14.1. The third-order valence-electron chi connectivity index (χ3n) is 3.20. The van der Waals surface area contributed by atoms with Gasteiger partial charge in [-0.2, -0.15) is 0 Å². The Morgan fingerprint density at radius 2 is 1.84 bits per heavy atom. The number of aromatic carboxylic acids is 1. The SMILES string of the molecule is CCCCCCCCOc1cccc(C)c1C(=O)O. The van der Waals surface area contributed by atoms with Crippen molar-refractivity contribution in [1.29, 1.82) is 0 Å². The van der Waals surface area contributed by atoms with Gasteiger partial charge in [0.15, 0.2) is 0 Å². The van der Waals surface area contributed by atoms with Gasteiger partial charge < -0.3 is 9.84 Å². The first-order valence-corrected chi connectivity index (χ1v) is 7.12. The van der Waals surface area contributed by atoms with Gasteiger partial charge >= 0.3 is 5.97 Å². The fraction of sp³-hybridized carbons (Fsp3) is 0.562. The van der Waals surface area contributed by atoms with Gasteiger partial charge in [0.25, 0.3) is 0 Å². The number of rotatable bonds is 9. The molecule has 0 bridgehead atoms. The van der Waals surface area contributed by atoms with Gasteiger partial charge in [-0.1, -0.05) is 51.2 Å². The van der Waals surface area contributed by atoms with Gasteiger partial charge in [0.1, 0.15) is 11.3 Å². The molecule has 0 fully saturated rings. The van der Waals surface area contributed by atoms with Crippen molar-refractivity contribution in [1.82, 2.24) is 0 Å². The van der Waals surface area contributed by atoms with Gasteiger partial charge in [0.05, 0.1) is 6.61 Å². The Hall–Kier alpha value is -1.51. The summed E-state index contributed by atoms with van der Waals surface area (Å²) < 4.78 is 5.60. The summed E-state index contributed by atoms with van der Waals surface area (Å²) >= 11 is 0. The molecule has 1 aromatic carbocycles. The summed E-state index contributed by atoms with van der Waals surface area (Å²) in [5.41, 5.74) is 1.03. The van der Waals surface area contributed by atoms with Crippen molar-refractivity contribution >= 4 is 5.97 Å². The van der Waals surface area contributed by atoms with Crippen LogP contribution in [-0.2, 0) is 0 Å². The first-order chi connectivity index (χ1) is 9.16. The molecule has 1 N–H and O–H groups in total. The van der Waals surface area contributed by atoms with Crippen LogP contribution in [0.25, 0.3) is 0 Å². The van der Waals surface area contributed by atoms with Gasteiger partial charge in [-0.15, -0.1) is 0 Å². The van der Waals surface area contributed by atoms with Crippen LogP contribution in [0.15, 0.2) is 18.2 Å². The number of carboxylic acid groups (broad SMARTS) is 1. The highest BCUT2D eigenvalue weighted by molar-refractivity contribution is 5.92. The number of carbonyl (C=O) groups is 1. The number of unbranched alkanes of at least 4 members (excludes halogenated alkanes) is 5. The Bertz CT molecular complexity index is 399. The predicted octanol–water partition coefficient (Wildman–Crippen LogP) is 4.43. The van der Waals surface area contributed by atoms with Crippen LogP contribution in [0.3, 0.4) is 0 Å². The highest BCUT2D eigenvalue weighted by Gasteiger charge is 2.13. The van der Waals surface area contributed by atoms with Crippen molar-refractivity contribution in [2.45, 2.75) is 52.4 Å². The van der Waals surface area contributed by atoms with Crippen LogP contribution in [0.5, 0.6) is 5.75 Å². The maximum absolute atomic E-state index is 11.2. The lowest BCUT2D eigenvalue weighted by Crippen LogP contribution is -2.06. The van der Waals surface area contributed by atoms with Gasteiger partial charge in [0.2, 0.25) is 0 Å². The molecule has 0 radical (unpaired) electrons. The molecular weight excluding hydrogens is 240 g/mol. The van der Waals surface area contributed by atoms with Crippen LogP contribution in [-0.4, -0.2) is 17.7 Å². The minimum absolute atomic E-state index is 0.286. The average molecular weight is 264 g/mol. The van der Waals surface area contributed by atoms with Crippen molar-refractivity contribution in [3.05, 3.63) is 29.3 Å². The molecule has 0 unspecified atom stereocenters. The summed E-state index contributed by atoms with van der Waals surface area (Å²) in [7, 11) is 0. The maximum atomic E-state index is 11.2. The monoisotopic (exact) mass is 264 g/mol. The van der Waals surface area contributed by atoms with Crippen LogP contribution in [0.4, 0.5) is 0 Å². The van der Waals surface area contributed by atoms with Gasteiger partial charge in [-0.3, -0.25) is 0 Å². The number of carboxylic acids is 1. The molecule has 3 heteroatoms. The quantitative estimate of drug-likeness (QED) is 0.671. The van der Waals surface area contributed by atoms with Crippen LogP contribution in [0.2, 0.25) is 0 Å². The average Bonchev–Trinajstić information content (AvgIpc) is 2.37. The zero-order valence-electron chi connectivity index (χ0n) is 11.9. The van der Waals surface area contributed by atoms with Gasteiger partial charge in [-0.25, -0.2) is 4.79 Å². The van der Waals surface area contributed by atoms with E-state index in [1.54, 1.807) is 19.1 Å². The molecule has 1 rings (SSSR count). The predicted molar refractivity (Wildman–Crippen MR) is 77.0 cm³/mol. The van der Waals surface area contributed by atoms with Crippen LogP contribution < -0.4 is 4.74 Å². The summed E-state index contributed by atoms with van der Waals surface area (Å²) in [4.78, 5) is 11.2. The molecule has 19 heavy (non-hydrogen) atoms. The van der Waals surface area contributed by atoms with E-state index in [0.717, 1.165) is 18.4 Å². The Balaban J connectivity index is 2.37. The topological polar surface area (TPSA) is 46.5 Å². The molecule has 0 atom stereocenters. The molecule has 0 saturated carbocycles. The second-order valence-electron chi connectivity index (χ2n) is 4.87. The number of benzene rings is 1. The highest BCUT2D eigenvalue weighted by Crippen LogP contribution is 2.22. The number of hydrogen-bond acceptors (Lipinski definition) is 2. The van der Waals surface area contributed by atoms with E-state index in [9.17, 15) is 4.79 Å². The van der Waals surface area contributed by atoms with Crippen LogP contribution in [0, 0.1) is 6.92 Å². The van der Waals surface area contributed by atoms with E-state index in [1.807, 2.05) is 6.07 Å². The van der Waals surface area contributed by atoms with Crippen molar-refractivity contribution in [3.8, 4) is 5.75 Å². The molecule has 0 spiro atoms. The number of aryl methyl sites for hydroxylation is 1. The molecule has 3 nitrogen and oxygen atoms in total. The van der Waals surface area contributed by atoms with Crippen molar-refractivity contribution in [3.63, 3.8) is 0 Å². The summed E-state index contributed by atoms with van der Waals surface area (Å²) in [6.07, 6.45) is 7.19. The molecule has 0 amide bonds. The molecule has 0 aliphatic carbocycles. The first-order valence-electron chi connectivity index (χ1n) is 7.12.